The molecule has 170 valence electrons. The molecule has 0 spiro atoms. The van der Waals surface area contributed by atoms with Crippen LogP contribution in [0.2, 0.25) is 0 Å². The van der Waals surface area contributed by atoms with E-state index in [-0.39, 0.29) is 0 Å². The van der Waals surface area contributed by atoms with Gasteiger partial charge in [0.2, 0.25) is 0 Å². The fourth-order valence-corrected chi connectivity index (χ4v) is 5.63. The first-order valence-corrected chi connectivity index (χ1v) is 12.8. The van der Waals surface area contributed by atoms with Crippen LogP contribution in [-0.2, 0) is 11.3 Å². The molecular weight excluding hydrogens is 418 g/mol. The maximum atomic E-state index is 5.50. The fraction of sp³-hybridized carbons (Fsp3) is 0.520. The number of anilines is 1. The van der Waals surface area contributed by atoms with Crippen molar-refractivity contribution in [1.82, 2.24) is 19.8 Å². The Morgan fingerprint density at radius 3 is 2.56 bits per heavy atom. The van der Waals surface area contributed by atoms with Crippen LogP contribution < -0.4 is 5.32 Å². The molecule has 1 aromatic carbocycles. The topological polar surface area (TPSA) is 53.5 Å². The van der Waals surface area contributed by atoms with E-state index in [9.17, 15) is 0 Å². The first-order chi connectivity index (χ1) is 15.9. The minimum Gasteiger partial charge on any atom is -0.379 e. The van der Waals surface area contributed by atoms with E-state index >= 15 is 0 Å². The van der Waals surface area contributed by atoms with Crippen LogP contribution in [0.25, 0.3) is 21.3 Å². The van der Waals surface area contributed by atoms with E-state index < -0.39 is 0 Å². The number of rotatable bonds is 8. The summed E-state index contributed by atoms with van der Waals surface area (Å²) >= 11 is 1.72. The maximum Gasteiger partial charge on any atom is 0.146 e. The third-order valence-corrected chi connectivity index (χ3v) is 7.30. The van der Waals surface area contributed by atoms with Crippen molar-refractivity contribution in [3.8, 4) is 11.1 Å². The monoisotopic (exact) mass is 451 g/mol. The first-order valence-electron chi connectivity index (χ1n) is 12.0. The van der Waals surface area contributed by atoms with Crippen molar-refractivity contribution in [1.29, 1.82) is 0 Å². The summed E-state index contributed by atoms with van der Waals surface area (Å²) in [6.45, 7) is 8.86. The van der Waals surface area contributed by atoms with Crippen LogP contribution in [0.4, 0.5) is 5.82 Å². The standard InChI is InChI=1S/C25H33N5OS/c1-3-8-20(9-4-1)21-19-32-25-23(21)24(26-10-7-13-29-11-5-2-6-12-29)27-22(28-25)18-30-14-16-31-17-15-30/h1,3-4,8-9,19H,2,5-7,10-18H2,(H,26,27,28). The predicted molar refractivity (Wildman–Crippen MR) is 132 cm³/mol. The van der Waals surface area contributed by atoms with Gasteiger partial charge in [0.05, 0.1) is 25.1 Å². The lowest BCUT2D eigenvalue weighted by atomic mass is 10.1. The summed E-state index contributed by atoms with van der Waals surface area (Å²) in [5.41, 5.74) is 2.45. The van der Waals surface area contributed by atoms with Gasteiger partial charge in [0, 0.05) is 30.6 Å². The number of benzene rings is 1. The lowest BCUT2D eigenvalue weighted by molar-refractivity contribution is 0.0331. The molecule has 1 N–H and O–H groups in total. The number of piperidine rings is 1. The molecule has 4 heterocycles. The zero-order chi connectivity index (χ0) is 21.6. The second-order valence-electron chi connectivity index (χ2n) is 8.76. The van der Waals surface area contributed by atoms with Gasteiger partial charge in [0.1, 0.15) is 16.5 Å². The number of hydrogen-bond donors (Lipinski definition) is 1. The molecular formula is C25H33N5OS. The summed E-state index contributed by atoms with van der Waals surface area (Å²) in [6, 6.07) is 10.6. The molecule has 2 aromatic heterocycles. The van der Waals surface area contributed by atoms with Crippen molar-refractivity contribution in [3.05, 3.63) is 41.5 Å². The van der Waals surface area contributed by atoms with Crippen LogP contribution in [0.3, 0.4) is 0 Å². The van der Waals surface area contributed by atoms with Crippen LogP contribution >= 0.6 is 11.3 Å². The minimum atomic E-state index is 0.778. The lowest BCUT2D eigenvalue weighted by Gasteiger charge is -2.26. The lowest BCUT2D eigenvalue weighted by Crippen LogP contribution is -2.36. The van der Waals surface area contributed by atoms with Gasteiger partial charge in [-0.2, -0.15) is 0 Å². The Hall–Kier alpha value is -2.06. The van der Waals surface area contributed by atoms with Crippen LogP contribution in [0.15, 0.2) is 35.7 Å². The molecule has 2 aliphatic rings. The zero-order valence-corrected chi connectivity index (χ0v) is 19.6. The van der Waals surface area contributed by atoms with Gasteiger partial charge >= 0.3 is 0 Å². The summed E-state index contributed by atoms with van der Waals surface area (Å²) in [5, 5.41) is 7.07. The molecule has 32 heavy (non-hydrogen) atoms. The molecule has 6 nitrogen and oxygen atoms in total. The van der Waals surface area contributed by atoms with Crippen molar-refractivity contribution >= 4 is 27.4 Å². The highest BCUT2D eigenvalue weighted by atomic mass is 32.1. The van der Waals surface area contributed by atoms with E-state index in [1.165, 1.54) is 43.5 Å². The summed E-state index contributed by atoms with van der Waals surface area (Å²) in [6.07, 6.45) is 5.22. The number of morpholine rings is 1. The van der Waals surface area contributed by atoms with Crippen LogP contribution in [0, 0.1) is 0 Å². The Morgan fingerprint density at radius 1 is 0.938 bits per heavy atom. The maximum absolute atomic E-state index is 5.50. The van der Waals surface area contributed by atoms with Crippen LogP contribution in [0.1, 0.15) is 31.5 Å². The van der Waals surface area contributed by atoms with Crippen molar-refractivity contribution in [2.75, 3.05) is 57.8 Å². The van der Waals surface area contributed by atoms with Crippen LogP contribution in [-0.4, -0.2) is 72.3 Å². The van der Waals surface area contributed by atoms with Gasteiger partial charge in [-0.3, -0.25) is 4.90 Å². The quantitative estimate of drug-likeness (QED) is 0.510. The largest absolute Gasteiger partial charge is 0.379 e. The molecule has 0 bridgehead atoms. The van der Waals surface area contributed by atoms with Crippen molar-refractivity contribution < 1.29 is 4.74 Å². The summed E-state index contributed by atoms with van der Waals surface area (Å²) < 4.78 is 5.50. The highest BCUT2D eigenvalue weighted by Gasteiger charge is 2.18. The molecule has 0 aliphatic carbocycles. The highest BCUT2D eigenvalue weighted by Crippen LogP contribution is 2.37. The molecule has 2 aliphatic heterocycles. The summed E-state index contributed by atoms with van der Waals surface area (Å²) in [4.78, 5) is 16.0. The van der Waals surface area contributed by atoms with Gasteiger partial charge in [0.15, 0.2) is 0 Å². The summed E-state index contributed by atoms with van der Waals surface area (Å²) in [5.74, 6) is 1.89. The average molecular weight is 452 g/mol. The second-order valence-corrected chi connectivity index (χ2v) is 9.61. The number of nitrogens with zero attached hydrogens (tertiary/aromatic N) is 4. The van der Waals surface area contributed by atoms with Crippen LogP contribution in [0.5, 0.6) is 0 Å². The Morgan fingerprint density at radius 2 is 1.75 bits per heavy atom. The fourth-order valence-electron chi connectivity index (χ4n) is 4.67. The Labute approximate surface area is 194 Å². The Kier molecular flexibility index (Phi) is 7.28. The minimum absolute atomic E-state index is 0.778. The van der Waals surface area contributed by atoms with Gasteiger partial charge < -0.3 is 15.0 Å². The number of thiophene rings is 1. The average Bonchev–Trinajstić information content (AvgIpc) is 3.28. The number of ether oxygens (including phenoxy) is 1. The normalized spacial score (nSPS) is 18.2. The van der Waals surface area contributed by atoms with E-state index in [2.05, 4.69) is 50.8 Å². The van der Waals surface area contributed by atoms with Crippen molar-refractivity contribution in [2.45, 2.75) is 32.2 Å². The molecule has 3 aromatic rings. The van der Waals surface area contributed by atoms with E-state index in [1.807, 2.05) is 0 Å². The zero-order valence-electron chi connectivity index (χ0n) is 18.8. The van der Waals surface area contributed by atoms with E-state index in [0.717, 1.165) is 74.2 Å². The second kappa shape index (κ2) is 10.7. The number of likely N-dealkylation sites (tertiary alicyclic amines) is 1. The van der Waals surface area contributed by atoms with Gasteiger partial charge in [-0.25, -0.2) is 9.97 Å². The summed E-state index contributed by atoms with van der Waals surface area (Å²) in [7, 11) is 0. The third kappa shape index (κ3) is 5.29. The molecule has 0 saturated carbocycles. The van der Waals surface area contributed by atoms with E-state index in [0.29, 0.717) is 0 Å². The van der Waals surface area contributed by atoms with E-state index in [1.54, 1.807) is 11.3 Å². The molecule has 0 unspecified atom stereocenters. The van der Waals surface area contributed by atoms with Gasteiger partial charge in [-0.15, -0.1) is 11.3 Å². The first kappa shape index (κ1) is 21.8. The predicted octanol–water partition coefficient (Wildman–Crippen LogP) is 4.48. The number of hydrogen-bond acceptors (Lipinski definition) is 7. The smallest absolute Gasteiger partial charge is 0.146 e. The molecule has 7 heteroatoms. The Balaban J connectivity index is 1.36. The molecule has 2 saturated heterocycles. The molecule has 0 radical (unpaired) electrons. The van der Waals surface area contributed by atoms with Crippen molar-refractivity contribution in [2.24, 2.45) is 0 Å². The number of fused-ring (bicyclic) bond motifs is 1. The van der Waals surface area contributed by atoms with Gasteiger partial charge in [-0.05, 0) is 44.5 Å². The van der Waals surface area contributed by atoms with Gasteiger partial charge in [0.25, 0.3) is 0 Å². The molecule has 2 fully saturated rings. The highest BCUT2D eigenvalue weighted by molar-refractivity contribution is 7.17. The molecule has 5 rings (SSSR count). The SMILES string of the molecule is c1ccc(-c2csc3nc(CN4CCOCC4)nc(NCCCN4CCCCC4)c23)cc1. The Bertz CT molecular complexity index is 996. The van der Waals surface area contributed by atoms with E-state index in [4.69, 9.17) is 14.7 Å². The molecule has 0 atom stereocenters. The third-order valence-electron chi connectivity index (χ3n) is 6.43. The number of nitrogens with one attached hydrogen (secondary N) is 1. The molecule has 0 amide bonds. The van der Waals surface area contributed by atoms with Crippen molar-refractivity contribution in [3.63, 3.8) is 0 Å². The van der Waals surface area contributed by atoms with Gasteiger partial charge in [-0.1, -0.05) is 36.8 Å². The number of aromatic nitrogens is 2.